The third-order valence-corrected chi connectivity index (χ3v) is 3.39. The Labute approximate surface area is 110 Å². The van der Waals surface area contributed by atoms with E-state index in [4.69, 9.17) is 16.3 Å². The predicted octanol–water partition coefficient (Wildman–Crippen LogP) is 2.35. The minimum atomic E-state index is -0.512. The van der Waals surface area contributed by atoms with Crippen molar-refractivity contribution in [2.45, 2.75) is 18.6 Å². The topological polar surface area (TPSA) is 29.5 Å². The lowest BCUT2D eigenvalue weighted by molar-refractivity contribution is -0.171. The summed E-state index contributed by atoms with van der Waals surface area (Å²) in [4.78, 5) is 13.5. The first-order chi connectivity index (χ1) is 8.69. The van der Waals surface area contributed by atoms with E-state index >= 15 is 0 Å². The summed E-state index contributed by atoms with van der Waals surface area (Å²) < 4.78 is 18.4. The molecule has 1 aliphatic rings. The Kier molecular flexibility index (Phi) is 4.19. The van der Waals surface area contributed by atoms with E-state index in [-0.39, 0.29) is 17.8 Å². The van der Waals surface area contributed by atoms with Gasteiger partial charge in [-0.2, -0.15) is 0 Å². The van der Waals surface area contributed by atoms with E-state index < -0.39 is 6.10 Å². The maximum absolute atomic E-state index is 13.2. The number of benzene rings is 1. The van der Waals surface area contributed by atoms with Gasteiger partial charge < -0.3 is 9.64 Å². The Hall–Kier alpha value is -1.13. The number of carbonyl (C=O) groups is 1. The largest absolute Gasteiger partial charge is 0.369 e. The monoisotopic (exact) mass is 271 g/mol. The fourth-order valence-corrected chi connectivity index (χ4v) is 2.39. The SMILES string of the molecule is CO[C@@H]1C(=O)N(CCCCl)[C@@H]1c1cccc(F)c1. The fraction of sp³-hybridized carbons (Fsp3) is 0.462. The number of halogens is 2. The average molecular weight is 272 g/mol. The zero-order valence-electron chi connectivity index (χ0n) is 10.1. The van der Waals surface area contributed by atoms with Crippen molar-refractivity contribution in [2.75, 3.05) is 19.5 Å². The van der Waals surface area contributed by atoms with Gasteiger partial charge in [0.25, 0.3) is 5.91 Å². The lowest BCUT2D eigenvalue weighted by Crippen LogP contribution is -2.59. The first-order valence-corrected chi connectivity index (χ1v) is 6.37. The molecule has 0 unspecified atom stereocenters. The lowest BCUT2D eigenvalue weighted by Gasteiger charge is -2.46. The highest BCUT2D eigenvalue weighted by Gasteiger charge is 2.48. The van der Waals surface area contributed by atoms with Gasteiger partial charge in [0.2, 0.25) is 0 Å². The second kappa shape index (κ2) is 5.67. The van der Waals surface area contributed by atoms with Gasteiger partial charge >= 0.3 is 0 Å². The number of likely N-dealkylation sites (tertiary alicyclic amines) is 1. The molecule has 0 bridgehead atoms. The Bertz CT molecular complexity index is 441. The van der Waals surface area contributed by atoms with Gasteiger partial charge in [-0.25, -0.2) is 4.39 Å². The van der Waals surface area contributed by atoms with Gasteiger partial charge in [0.1, 0.15) is 5.82 Å². The molecule has 18 heavy (non-hydrogen) atoms. The number of hydrogen-bond donors (Lipinski definition) is 0. The van der Waals surface area contributed by atoms with Crippen LogP contribution >= 0.6 is 11.6 Å². The molecule has 3 nitrogen and oxygen atoms in total. The van der Waals surface area contributed by atoms with Crippen LogP contribution in [0.2, 0.25) is 0 Å². The van der Waals surface area contributed by atoms with Crippen molar-refractivity contribution in [1.29, 1.82) is 0 Å². The molecule has 0 aliphatic carbocycles. The van der Waals surface area contributed by atoms with E-state index in [9.17, 15) is 9.18 Å². The van der Waals surface area contributed by atoms with Gasteiger partial charge in [-0.15, -0.1) is 11.6 Å². The molecular weight excluding hydrogens is 257 g/mol. The highest BCUT2D eigenvalue weighted by molar-refractivity contribution is 6.17. The quantitative estimate of drug-likeness (QED) is 0.608. The summed E-state index contributed by atoms with van der Waals surface area (Å²) in [5.41, 5.74) is 0.760. The zero-order chi connectivity index (χ0) is 13.1. The molecule has 1 aromatic carbocycles. The van der Waals surface area contributed by atoms with Gasteiger partial charge in [-0.1, -0.05) is 12.1 Å². The van der Waals surface area contributed by atoms with Crippen LogP contribution in [0, 0.1) is 5.82 Å². The second-order valence-electron chi connectivity index (χ2n) is 4.23. The van der Waals surface area contributed by atoms with E-state index in [1.807, 2.05) is 0 Å². The molecule has 1 aromatic rings. The molecule has 1 saturated heterocycles. The van der Waals surface area contributed by atoms with Crippen LogP contribution in [0.25, 0.3) is 0 Å². The van der Waals surface area contributed by atoms with Gasteiger partial charge in [0.15, 0.2) is 6.10 Å². The molecule has 0 radical (unpaired) electrons. The summed E-state index contributed by atoms with van der Waals surface area (Å²) in [6.07, 6.45) is 0.206. The van der Waals surface area contributed by atoms with E-state index in [1.54, 1.807) is 17.0 Å². The standard InChI is InChI=1S/C13H15ClFNO2/c1-18-12-11(9-4-2-5-10(15)8-9)16(13(12)17)7-3-6-14/h2,4-5,8,11-12H,3,6-7H2,1H3/t11-,12+/m1/s1. The molecular formula is C13H15ClFNO2. The third kappa shape index (κ3) is 2.35. The summed E-state index contributed by atoms with van der Waals surface area (Å²) in [6.45, 7) is 0.573. The maximum atomic E-state index is 13.2. The molecule has 0 saturated carbocycles. The zero-order valence-corrected chi connectivity index (χ0v) is 10.9. The van der Waals surface area contributed by atoms with Crippen LogP contribution in [0.5, 0.6) is 0 Å². The minimum absolute atomic E-state index is 0.0584. The van der Waals surface area contributed by atoms with Gasteiger partial charge in [0.05, 0.1) is 6.04 Å². The molecule has 2 atom stereocenters. The van der Waals surface area contributed by atoms with Crippen LogP contribution in [-0.2, 0) is 9.53 Å². The molecule has 1 heterocycles. The highest BCUT2D eigenvalue weighted by atomic mass is 35.5. The number of alkyl halides is 1. The number of ether oxygens (including phenoxy) is 1. The second-order valence-corrected chi connectivity index (χ2v) is 4.61. The molecule has 1 fully saturated rings. The molecule has 98 valence electrons. The van der Waals surface area contributed by atoms with Crippen LogP contribution < -0.4 is 0 Å². The van der Waals surface area contributed by atoms with Crippen molar-refractivity contribution in [3.05, 3.63) is 35.6 Å². The van der Waals surface area contributed by atoms with E-state index in [1.165, 1.54) is 19.2 Å². The number of nitrogens with zero attached hydrogens (tertiary/aromatic N) is 1. The van der Waals surface area contributed by atoms with Crippen LogP contribution in [0.3, 0.4) is 0 Å². The third-order valence-electron chi connectivity index (χ3n) is 3.13. The molecule has 0 aromatic heterocycles. The van der Waals surface area contributed by atoms with Crippen molar-refractivity contribution in [3.63, 3.8) is 0 Å². The summed E-state index contributed by atoms with van der Waals surface area (Å²) in [6, 6.07) is 6.06. The van der Waals surface area contributed by atoms with Gasteiger partial charge in [-0.05, 0) is 24.1 Å². The highest BCUT2D eigenvalue weighted by Crippen LogP contribution is 2.36. The Morgan fingerprint density at radius 1 is 1.50 bits per heavy atom. The van der Waals surface area contributed by atoms with Gasteiger partial charge in [-0.3, -0.25) is 4.79 Å². The van der Waals surface area contributed by atoms with Crippen molar-refractivity contribution in [1.82, 2.24) is 4.90 Å². The average Bonchev–Trinajstić information content (AvgIpc) is 2.36. The summed E-state index contributed by atoms with van der Waals surface area (Å²) in [7, 11) is 1.49. The molecule has 0 N–H and O–H groups in total. The van der Waals surface area contributed by atoms with Crippen molar-refractivity contribution >= 4 is 17.5 Å². The molecule has 2 rings (SSSR count). The number of methoxy groups -OCH3 is 1. The Morgan fingerprint density at radius 2 is 2.28 bits per heavy atom. The van der Waals surface area contributed by atoms with Gasteiger partial charge in [0, 0.05) is 19.5 Å². The Morgan fingerprint density at radius 3 is 2.89 bits per heavy atom. The lowest BCUT2D eigenvalue weighted by atomic mass is 9.90. The molecule has 1 aliphatic heterocycles. The van der Waals surface area contributed by atoms with Crippen LogP contribution in [-0.4, -0.2) is 36.4 Å². The van der Waals surface area contributed by atoms with Crippen LogP contribution in [0.15, 0.2) is 24.3 Å². The summed E-state index contributed by atoms with van der Waals surface area (Å²) >= 11 is 5.63. The van der Waals surface area contributed by atoms with E-state index in [2.05, 4.69) is 0 Å². The smallest absolute Gasteiger partial charge is 0.254 e. The van der Waals surface area contributed by atoms with Crippen molar-refractivity contribution in [2.24, 2.45) is 0 Å². The summed E-state index contributed by atoms with van der Waals surface area (Å²) in [5, 5.41) is 0. The summed E-state index contributed by atoms with van der Waals surface area (Å²) in [5.74, 6) is 0.132. The van der Waals surface area contributed by atoms with E-state index in [0.717, 1.165) is 12.0 Å². The first-order valence-electron chi connectivity index (χ1n) is 5.83. The number of carbonyl (C=O) groups excluding carboxylic acids is 1. The number of hydrogen-bond acceptors (Lipinski definition) is 2. The van der Waals surface area contributed by atoms with Crippen LogP contribution in [0.1, 0.15) is 18.0 Å². The first kappa shape index (κ1) is 13.3. The molecule has 5 heteroatoms. The molecule has 0 spiro atoms. The Balaban J connectivity index is 2.19. The number of rotatable bonds is 5. The normalized spacial score (nSPS) is 23.1. The fourth-order valence-electron chi connectivity index (χ4n) is 2.27. The van der Waals surface area contributed by atoms with E-state index in [0.29, 0.717) is 12.4 Å². The predicted molar refractivity (Wildman–Crippen MR) is 67.0 cm³/mol. The number of β-lactam (4-membered cyclic amide) rings is 1. The minimum Gasteiger partial charge on any atom is -0.369 e. The van der Waals surface area contributed by atoms with Crippen molar-refractivity contribution < 1.29 is 13.9 Å². The van der Waals surface area contributed by atoms with Crippen molar-refractivity contribution in [3.8, 4) is 0 Å². The molecule has 1 amide bonds. The number of amides is 1. The maximum Gasteiger partial charge on any atom is 0.254 e. The van der Waals surface area contributed by atoms with Crippen LogP contribution in [0.4, 0.5) is 4.39 Å².